The molecule has 1 aliphatic carbocycles. The molecule has 2 aliphatic rings. The van der Waals surface area contributed by atoms with E-state index in [1.165, 1.54) is 5.56 Å². The second kappa shape index (κ2) is 9.70. The van der Waals surface area contributed by atoms with E-state index in [1.807, 2.05) is 30.7 Å². The van der Waals surface area contributed by atoms with Crippen molar-refractivity contribution in [1.29, 1.82) is 0 Å². The van der Waals surface area contributed by atoms with Gasteiger partial charge in [0.2, 0.25) is 0 Å². The lowest BCUT2D eigenvalue weighted by molar-refractivity contribution is -0.0533. The van der Waals surface area contributed by atoms with Crippen molar-refractivity contribution in [1.82, 2.24) is 19.4 Å². The van der Waals surface area contributed by atoms with Gasteiger partial charge in [-0.2, -0.15) is 0 Å². The van der Waals surface area contributed by atoms with Crippen LogP contribution < -0.4 is 0 Å². The fourth-order valence-electron chi connectivity index (χ4n) is 5.92. The molecule has 5 rings (SSSR count). The number of ether oxygens (including phenoxy) is 1. The maximum absolute atomic E-state index is 10.8. The molecule has 2 aromatic heterocycles. The SMILES string of the molecule is C=C(C)c1ccn(C2OC(CN(C)C3CC(Cc4nc5ccc(C(C)(C)C)cc5[nH]4)C3)C(O)C2O)c1C. The summed E-state index contributed by atoms with van der Waals surface area (Å²) in [7, 11) is 2.09. The van der Waals surface area contributed by atoms with Crippen molar-refractivity contribution in [3.8, 4) is 0 Å². The van der Waals surface area contributed by atoms with Gasteiger partial charge in [-0.05, 0) is 80.0 Å². The average Bonchev–Trinajstić information content (AvgIpc) is 3.46. The number of nitrogens with one attached hydrogen (secondary N) is 1. The third-order valence-electron chi connectivity index (χ3n) is 8.43. The molecule has 3 N–H and O–H groups in total. The molecule has 7 heteroatoms. The predicted octanol–water partition coefficient (Wildman–Crippen LogP) is 4.58. The van der Waals surface area contributed by atoms with Gasteiger partial charge in [-0.15, -0.1) is 0 Å². The van der Waals surface area contributed by atoms with Gasteiger partial charge in [0.05, 0.1) is 11.0 Å². The lowest BCUT2D eigenvalue weighted by Gasteiger charge is -2.42. The number of benzene rings is 1. The van der Waals surface area contributed by atoms with Crippen LogP contribution in [0.3, 0.4) is 0 Å². The van der Waals surface area contributed by atoms with Gasteiger partial charge in [-0.3, -0.25) is 0 Å². The lowest BCUT2D eigenvalue weighted by atomic mass is 9.77. The summed E-state index contributed by atoms with van der Waals surface area (Å²) in [5, 5.41) is 21.5. The molecule has 1 saturated heterocycles. The number of hydrogen-bond acceptors (Lipinski definition) is 5. The zero-order valence-corrected chi connectivity index (χ0v) is 23.0. The van der Waals surface area contributed by atoms with Crippen molar-refractivity contribution >= 4 is 16.6 Å². The number of aromatic amines is 1. The van der Waals surface area contributed by atoms with E-state index in [-0.39, 0.29) is 5.41 Å². The van der Waals surface area contributed by atoms with Crippen molar-refractivity contribution < 1.29 is 14.9 Å². The molecule has 0 amide bonds. The maximum Gasteiger partial charge on any atom is 0.163 e. The van der Waals surface area contributed by atoms with Crippen molar-refractivity contribution in [2.24, 2.45) is 5.92 Å². The van der Waals surface area contributed by atoms with Gasteiger partial charge in [0, 0.05) is 30.9 Å². The van der Waals surface area contributed by atoms with Crippen LogP contribution >= 0.6 is 0 Å². The zero-order valence-electron chi connectivity index (χ0n) is 23.0. The average molecular weight is 507 g/mol. The Morgan fingerprint density at radius 1 is 1.22 bits per heavy atom. The Bertz CT molecular complexity index is 1280. The van der Waals surface area contributed by atoms with E-state index < -0.39 is 24.5 Å². The molecule has 1 aromatic carbocycles. The highest BCUT2D eigenvalue weighted by atomic mass is 16.6. The molecule has 37 heavy (non-hydrogen) atoms. The minimum Gasteiger partial charge on any atom is -0.387 e. The number of rotatable bonds is 7. The van der Waals surface area contributed by atoms with Gasteiger partial charge in [-0.1, -0.05) is 33.4 Å². The van der Waals surface area contributed by atoms with E-state index in [9.17, 15) is 10.2 Å². The topological polar surface area (TPSA) is 86.5 Å². The number of H-pyrrole nitrogens is 1. The van der Waals surface area contributed by atoms with E-state index in [0.717, 1.165) is 53.0 Å². The molecule has 0 radical (unpaired) electrons. The molecular formula is C30H42N4O3. The first-order valence-corrected chi connectivity index (χ1v) is 13.5. The van der Waals surface area contributed by atoms with Crippen LogP contribution in [0.15, 0.2) is 37.0 Å². The normalized spacial score (nSPS) is 28.2. The predicted molar refractivity (Wildman–Crippen MR) is 147 cm³/mol. The van der Waals surface area contributed by atoms with Crippen LogP contribution in [0.5, 0.6) is 0 Å². The summed E-state index contributed by atoms with van der Waals surface area (Å²) < 4.78 is 8.11. The van der Waals surface area contributed by atoms with Crippen LogP contribution in [0.2, 0.25) is 0 Å². The molecule has 4 unspecified atom stereocenters. The first kappa shape index (κ1) is 26.2. The van der Waals surface area contributed by atoms with Crippen LogP contribution in [0.25, 0.3) is 16.6 Å². The largest absolute Gasteiger partial charge is 0.387 e. The monoisotopic (exact) mass is 506 g/mol. The van der Waals surface area contributed by atoms with Gasteiger partial charge in [0.1, 0.15) is 24.1 Å². The first-order chi connectivity index (χ1) is 17.4. The summed E-state index contributed by atoms with van der Waals surface area (Å²) in [5.41, 5.74) is 6.58. The van der Waals surface area contributed by atoms with Crippen LogP contribution in [0.4, 0.5) is 0 Å². The Kier molecular flexibility index (Phi) is 6.86. The number of fused-ring (bicyclic) bond motifs is 1. The third kappa shape index (κ3) is 5.02. The first-order valence-electron chi connectivity index (χ1n) is 13.5. The summed E-state index contributed by atoms with van der Waals surface area (Å²) in [5.74, 6) is 1.65. The molecule has 0 bridgehead atoms. The number of allylic oxidation sites excluding steroid dienone is 1. The Hall–Kier alpha value is -2.45. The van der Waals surface area contributed by atoms with E-state index in [2.05, 4.69) is 62.5 Å². The molecule has 200 valence electrons. The zero-order chi connectivity index (χ0) is 26.6. The number of nitrogens with zero attached hydrogens (tertiary/aromatic N) is 3. The Balaban J connectivity index is 1.15. The highest BCUT2D eigenvalue weighted by Gasteiger charge is 2.45. The van der Waals surface area contributed by atoms with Crippen molar-refractivity contribution in [2.75, 3.05) is 13.6 Å². The number of likely N-dealkylation sites (N-methyl/N-ethyl adjacent to an activating group) is 1. The van der Waals surface area contributed by atoms with Gasteiger partial charge < -0.3 is 29.4 Å². The van der Waals surface area contributed by atoms with Crippen LogP contribution in [-0.2, 0) is 16.6 Å². The summed E-state index contributed by atoms with van der Waals surface area (Å²) in [6, 6.07) is 8.96. The van der Waals surface area contributed by atoms with Gasteiger partial charge in [0.15, 0.2) is 6.23 Å². The standard InChI is InChI=1S/C30H42N4O3/c1-17(2)22-10-11-34(18(22)3)29-28(36)27(35)25(37-29)16-33(7)21-12-19(13-21)14-26-31-23-9-8-20(30(4,5)6)15-24(23)32-26/h8-11,15,19,21,25,27-29,35-36H,1,12-14,16H2,2-7H3,(H,31,32). The minimum absolute atomic E-state index is 0.117. The number of hydrogen-bond donors (Lipinski definition) is 3. The minimum atomic E-state index is -0.969. The van der Waals surface area contributed by atoms with Crippen LogP contribution in [0.1, 0.15) is 69.4 Å². The number of aliphatic hydroxyl groups excluding tert-OH is 2. The highest BCUT2D eigenvalue weighted by molar-refractivity contribution is 5.76. The summed E-state index contributed by atoms with van der Waals surface area (Å²) in [6.07, 6.45) is 2.11. The van der Waals surface area contributed by atoms with E-state index in [0.29, 0.717) is 18.5 Å². The van der Waals surface area contributed by atoms with Gasteiger partial charge in [0.25, 0.3) is 0 Å². The molecule has 2 fully saturated rings. The third-order valence-corrected chi connectivity index (χ3v) is 8.43. The summed E-state index contributed by atoms with van der Waals surface area (Å²) in [4.78, 5) is 10.6. The molecule has 4 atom stereocenters. The number of aromatic nitrogens is 3. The molecule has 3 heterocycles. The Morgan fingerprint density at radius 3 is 2.59 bits per heavy atom. The smallest absolute Gasteiger partial charge is 0.163 e. The molecule has 7 nitrogen and oxygen atoms in total. The second-order valence-electron chi connectivity index (χ2n) is 12.3. The molecular weight excluding hydrogens is 464 g/mol. The second-order valence-corrected chi connectivity index (χ2v) is 12.3. The van der Waals surface area contributed by atoms with E-state index in [1.54, 1.807) is 0 Å². The lowest BCUT2D eigenvalue weighted by Crippen LogP contribution is -2.48. The maximum atomic E-state index is 10.8. The van der Waals surface area contributed by atoms with Gasteiger partial charge in [-0.25, -0.2) is 4.98 Å². The molecule has 0 spiro atoms. The van der Waals surface area contributed by atoms with Crippen LogP contribution in [-0.4, -0.2) is 67.6 Å². The summed E-state index contributed by atoms with van der Waals surface area (Å²) in [6.45, 7) is 15.3. The molecule has 3 aromatic rings. The van der Waals surface area contributed by atoms with Crippen molar-refractivity contribution in [2.45, 2.75) is 89.9 Å². The van der Waals surface area contributed by atoms with Crippen molar-refractivity contribution in [3.05, 3.63) is 59.7 Å². The highest BCUT2D eigenvalue weighted by Crippen LogP contribution is 2.37. The Labute approximate surface area is 220 Å². The fraction of sp³-hybridized carbons (Fsp3) is 0.567. The van der Waals surface area contributed by atoms with Crippen molar-refractivity contribution in [3.63, 3.8) is 0 Å². The van der Waals surface area contributed by atoms with Gasteiger partial charge >= 0.3 is 0 Å². The molecule has 1 aliphatic heterocycles. The van der Waals surface area contributed by atoms with E-state index >= 15 is 0 Å². The fourth-order valence-corrected chi connectivity index (χ4v) is 5.92. The van der Waals surface area contributed by atoms with E-state index in [4.69, 9.17) is 9.72 Å². The quantitative estimate of drug-likeness (QED) is 0.437. The number of aliphatic hydroxyl groups is 2. The molecule has 1 saturated carbocycles. The Morgan fingerprint density at radius 2 is 1.95 bits per heavy atom. The van der Waals surface area contributed by atoms with Crippen LogP contribution in [0, 0.1) is 12.8 Å². The summed E-state index contributed by atoms with van der Waals surface area (Å²) >= 11 is 0. The number of imidazole rings is 1.